The van der Waals surface area contributed by atoms with E-state index in [2.05, 4.69) is 19.2 Å². The molecule has 15 heavy (non-hydrogen) atoms. The van der Waals surface area contributed by atoms with Crippen LogP contribution in [-0.2, 0) is 4.79 Å². The molecule has 0 saturated heterocycles. The molecule has 88 valence electrons. The molecule has 0 amide bonds. The largest absolute Gasteiger partial charge is 0.481 e. The molecule has 4 heteroatoms. The Morgan fingerprint density at radius 2 is 2.33 bits per heavy atom. The lowest BCUT2D eigenvalue weighted by molar-refractivity contribution is -0.146. The van der Waals surface area contributed by atoms with Crippen molar-refractivity contribution in [3.05, 3.63) is 0 Å². The van der Waals surface area contributed by atoms with Crippen LogP contribution in [0.1, 0.15) is 33.1 Å². The Hall–Kier alpha value is -0.220. The Labute approximate surface area is 96.0 Å². The molecule has 1 saturated carbocycles. The molecule has 1 rings (SSSR count). The lowest BCUT2D eigenvalue weighted by atomic mass is 9.79. The van der Waals surface area contributed by atoms with Crippen LogP contribution >= 0.6 is 11.8 Å². The Bertz CT molecular complexity index is 211. The second kappa shape index (κ2) is 6.38. The fraction of sp³-hybridized carbons (Fsp3) is 0.909. The number of hydrogen-bond donors (Lipinski definition) is 2. The molecule has 0 aromatic carbocycles. The first-order valence-corrected chi connectivity index (χ1v) is 6.87. The van der Waals surface area contributed by atoms with Crippen molar-refractivity contribution in [3.8, 4) is 0 Å². The highest BCUT2D eigenvalue weighted by Crippen LogP contribution is 2.28. The highest BCUT2D eigenvalue weighted by Gasteiger charge is 2.36. The van der Waals surface area contributed by atoms with E-state index >= 15 is 0 Å². The predicted molar refractivity (Wildman–Crippen MR) is 64.4 cm³/mol. The van der Waals surface area contributed by atoms with Crippen molar-refractivity contribution in [2.24, 2.45) is 5.92 Å². The minimum Gasteiger partial charge on any atom is -0.481 e. The molecule has 1 aliphatic carbocycles. The number of nitrogens with one attached hydrogen (secondary N) is 1. The quantitative estimate of drug-likeness (QED) is 0.658. The van der Waals surface area contributed by atoms with Gasteiger partial charge in [-0.05, 0) is 37.7 Å². The number of aliphatic carboxylic acids is 1. The van der Waals surface area contributed by atoms with Crippen LogP contribution in [-0.4, -0.2) is 34.7 Å². The van der Waals surface area contributed by atoms with Gasteiger partial charge in [0.05, 0.1) is 5.92 Å². The maximum atomic E-state index is 10.8. The summed E-state index contributed by atoms with van der Waals surface area (Å²) >= 11 is 1.94. The van der Waals surface area contributed by atoms with Crippen LogP contribution in [0.2, 0.25) is 0 Å². The summed E-state index contributed by atoms with van der Waals surface area (Å²) < 4.78 is 0. The average Bonchev–Trinajstić information content (AvgIpc) is 2.12. The minimum atomic E-state index is -0.645. The third-order valence-corrected chi connectivity index (χ3v) is 3.92. The van der Waals surface area contributed by atoms with Crippen molar-refractivity contribution in [1.82, 2.24) is 5.32 Å². The summed E-state index contributed by atoms with van der Waals surface area (Å²) in [4.78, 5) is 10.8. The van der Waals surface area contributed by atoms with Gasteiger partial charge in [-0.2, -0.15) is 11.8 Å². The maximum absolute atomic E-state index is 10.8. The topological polar surface area (TPSA) is 49.3 Å². The number of carbonyl (C=O) groups is 1. The summed E-state index contributed by atoms with van der Waals surface area (Å²) in [5.41, 5.74) is 0. The number of carboxylic acids is 1. The van der Waals surface area contributed by atoms with Crippen molar-refractivity contribution in [3.63, 3.8) is 0 Å². The van der Waals surface area contributed by atoms with E-state index in [1.165, 1.54) is 0 Å². The summed E-state index contributed by atoms with van der Waals surface area (Å²) in [5.74, 6) is 1.53. The fourth-order valence-electron chi connectivity index (χ4n) is 1.85. The van der Waals surface area contributed by atoms with Crippen molar-refractivity contribution in [2.75, 3.05) is 11.5 Å². The van der Waals surface area contributed by atoms with Gasteiger partial charge in [0.1, 0.15) is 0 Å². The smallest absolute Gasteiger partial charge is 0.308 e. The van der Waals surface area contributed by atoms with Crippen molar-refractivity contribution in [2.45, 2.75) is 45.2 Å². The van der Waals surface area contributed by atoms with E-state index in [9.17, 15) is 4.79 Å². The standard InChI is InChI=1S/C11H21NO2S/c1-3-15-7-6-8(2)12-10-5-4-9(10)11(13)14/h8-10,12H,3-7H2,1-2H3,(H,13,14). The normalized spacial score (nSPS) is 27.1. The zero-order chi connectivity index (χ0) is 11.3. The molecule has 3 nitrogen and oxygen atoms in total. The van der Waals surface area contributed by atoms with Gasteiger partial charge < -0.3 is 10.4 Å². The summed E-state index contributed by atoms with van der Waals surface area (Å²) in [6.07, 6.45) is 2.98. The monoisotopic (exact) mass is 231 g/mol. The maximum Gasteiger partial charge on any atom is 0.308 e. The second-order valence-corrected chi connectivity index (χ2v) is 5.58. The molecule has 0 heterocycles. The van der Waals surface area contributed by atoms with Crippen LogP contribution in [0.15, 0.2) is 0 Å². The van der Waals surface area contributed by atoms with Crippen molar-refractivity contribution < 1.29 is 9.90 Å². The molecule has 0 bridgehead atoms. The Balaban J connectivity index is 2.15. The summed E-state index contributed by atoms with van der Waals surface area (Å²) in [5, 5.41) is 12.3. The van der Waals surface area contributed by atoms with Gasteiger partial charge in [0.15, 0.2) is 0 Å². The predicted octanol–water partition coefficient (Wildman–Crippen LogP) is 1.97. The van der Waals surface area contributed by atoms with Crippen LogP contribution in [0, 0.1) is 5.92 Å². The third kappa shape index (κ3) is 4.03. The lowest BCUT2D eigenvalue weighted by Crippen LogP contribution is -2.50. The van der Waals surface area contributed by atoms with E-state index in [1.807, 2.05) is 11.8 Å². The summed E-state index contributed by atoms with van der Waals surface area (Å²) in [6, 6.07) is 0.653. The van der Waals surface area contributed by atoms with Crippen LogP contribution in [0.4, 0.5) is 0 Å². The molecule has 1 fully saturated rings. The van der Waals surface area contributed by atoms with Gasteiger partial charge in [-0.1, -0.05) is 6.92 Å². The van der Waals surface area contributed by atoms with E-state index in [1.54, 1.807) is 0 Å². The molecule has 2 N–H and O–H groups in total. The summed E-state index contributed by atoms with van der Waals surface area (Å²) in [6.45, 7) is 4.31. The van der Waals surface area contributed by atoms with E-state index in [0.717, 1.165) is 30.8 Å². The van der Waals surface area contributed by atoms with E-state index in [-0.39, 0.29) is 12.0 Å². The molecule has 0 aliphatic heterocycles. The van der Waals surface area contributed by atoms with Gasteiger partial charge in [-0.15, -0.1) is 0 Å². The Morgan fingerprint density at radius 3 is 2.80 bits per heavy atom. The number of carboxylic acid groups (broad SMARTS) is 1. The average molecular weight is 231 g/mol. The van der Waals surface area contributed by atoms with Gasteiger partial charge >= 0.3 is 5.97 Å². The van der Waals surface area contributed by atoms with E-state index in [0.29, 0.717) is 6.04 Å². The van der Waals surface area contributed by atoms with Gasteiger partial charge in [-0.3, -0.25) is 4.79 Å². The Kier molecular flexibility index (Phi) is 5.47. The molecule has 0 radical (unpaired) electrons. The molecule has 0 aromatic rings. The minimum absolute atomic E-state index is 0.147. The highest BCUT2D eigenvalue weighted by atomic mass is 32.2. The second-order valence-electron chi connectivity index (χ2n) is 4.18. The fourth-order valence-corrected chi connectivity index (χ4v) is 2.66. The van der Waals surface area contributed by atoms with E-state index < -0.39 is 5.97 Å². The van der Waals surface area contributed by atoms with Crippen LogP contribution in [0.5, 0.6) is 0 Å². The van der Waals surface area contributed by atoms with Gasteiger partial charge in [0.25, 0.3) is 0 Å². The molecule has 3 unspecified atom stereocenters. The zero-order valence-corrected chi connectivity index (χ0v) is 10.3. The lowest BCUT2D eigenvalue weighted by Gasteiger charge is -2.36. The molecule has 0 spiro atoms. The highest BCUT2D eigenvalue weighted by molar-refractivity contribution is 7.99. The molecule has 3 atom stereocenters. The van der Waals surface area contributed by atoms with Gasteiger partial charge in [0, 0.05) is 12.1 Å². The van der Waals surface area contributed by atoms with Gasteiger partial charge in [0.2, 0.25) is 0 Å². The number of hydrogen-bond acceptors (Lipinski definition) is 3. The Morgan fingerprint density at radius 1 is 1.60 bits per heavy atom. The van der Waals surface area contributed by atoms with Crippen LogP contribution in [0.25, 0.3) is 0 Å². The molecular formula is C11H21NO2S. The zero-order valence-electron chi connectivity index (χ0n) is 9.53. The number of thioether (sulfide) groups is 1. The molecule has 1 aliphatic rings. The SMILES string of the molecule is CCSCCC(C)NC1CCC1C(=O)O. The van der Waals surface area contributed by atoms with Crippen LogP contribution < -0.4 is 5.32 Å². The first-order valence-electron chi connectivity index (χ1n) is 5.71. The molecular weight excluding hydrogens is 210 g/mol. The first-order chi connectivity index (χ1) is 7.15. The van der Waals surface area contributed by atoms with Crippen LogP contribution in [0.3, 0.4) is 0 Å². The van der Waals surface area contributed by atoms with Crippen molar-refractivity contribution in [1.29, 1.82) is 0 Å². The first kappa shape index (κ1) is 12.8. The number of rotatable bonds is 7. The van der Waals surface area contributed by atoms with Gasteiger partial charge in [-0.25, -0.2) is 0 Å². The summed E-state index contributed by atoms with van der Waals surface area (Å²) in [7, 11) is 0. The van der Waals surface area contributed by atoms with Crippen molar-refractivity contribution >= 4 is 17.7 Å². The van der Waals surface area contributed by atoms with E-state index in [4.69, 9.17) is 5.11 Å². The molecule has 0 aromatic heterocycles. The third-order valence-electron chi connectivity index (χ3n) is 2.99.